The third-order valence-corrected chi connectivity index (χ3v) is 1.55. The predicted molar refractivity (Wildman–Crippen MR) is 48.6 cm³/mol. The molecule has 0 aromatic heterocycles. The maximum Gasteiger partial charge on any atom is 0.0393 e. The molecule has 1 heteroatoms. The molecule has 0 aliphatic heterocycles. The van der Waals surface area contributed by atoms with Gasteiger partial charge in [-0.2, -0.15) is 0 Å². The molecule has 60 valence electrons. The molecule has 0 spiro atoms. The molecule has 0 aliphatic rings. The van der Waals surface area contributed by atoms with Crippen molar-refractivity contribution in [2.24, 2.45) is 0 Å². The van der Waals surface area contributed by atoms with Crippen LogP contribution in [0.4, 0.5) is 0 Å². The first-order valence-electron chi connectivity index (χ1n) is 6.26. The van der Waals surface area contributed by atoms with Crippen molar-refractivity contribution in [3.63, 3.8) is 0 Å². The molecule has 0 amide bonds. The van der Waals surface area contributed by atoms with Gasteiger partial charge in [-0.15, -0.1) is 11.6 Å². The van der Waals surface area contributed by atoms with E-state index in [0.29, 0.717) is 6.42 Å². The lowest BCUT2D eigenvalue weighted by Gasteiger charge is -2.14. The molecule has 0 radical (unpaired) electrons. The van der Waals surface area contributed by atoms with Crippen molar-refractivity contribution in [3.8, 4) is 0 Å². The second-order valence-corrected chi connectivity index (χ2v) is 3.08. The molecular weight excluding hydrogens is 144 g/mol. The van der Waals surface area contributed by atoms with Crippen LogP contribution in [0.1, 0.15) is 48.6 Å². The lowest BCUT2D eigenvalue weighted by molar-refractivity contribution is 0.624. The van der Waals surface area contributed by atoms with Crippen LogP contribution >= 0.6 is 11.6 Å². The maximum atomic E-state index is 7.26. The van der Waals surface area contributed by atoms with E-state index in [-0.39, 0.29) is 6.42 Å². The van der Waals surface area contributed by atoms with Gasteiger partial charge in [-0.1, -0.05) is 11.6 Å². The molecule has 0 aromatic rings. The summed E-state index contributed by atoms with van der Waals surface area (Å²) in [5.41, 5.74) is 0.929. The summed E-state index contributed by atoms with van der Waals surface area (Å²) >= 11 is 5.84. The Kier molecular flexibility index (Phi) is 1.46. The van der Waals surface area contributed by atoms with Gasteiger partial charge in [-0.05, 0) is 40.4 Å². The highest BCUT2D eigenvalue weighted by molar-refractivity contribution is 6.23. The molecule has 0 unspecified atom stereocenters. The van der Waals surface area contributed by atoms with Crippen molar-refractivity contribution >= 4 is 11.6 Å². The van der Waals surface area contributed by atoms with Crippen molar-refractivity contribution in [1.29, 1.82) is 0 Å². The summed E-state index contributed by atoms with van der Waals surface area (Å²) < 4.78 is 43.6. The van der Waals surface area contributed by atoms with Crippen molar-refractivity contribution in [1.82, 2.24) is 0 Å². The molecule has 0 atom stereocenters. The minimum Gasteiger partial charge on any atom is -0.120 e. The molecule has 0 saturated carbocycles. The topological polar surface area (TPSA) is 0 Å². The summed E-state index contributed by atoms with van der Waals surface area (Å²) in [6, 6.07) is 0. The number of halogens is 1. The van der Waals surface area contributed by atoms with Crippen molar-refractivity contribution in [2.75, 3.05) is 0 Å². The number of hydrogen-bond donors (Lipinski definition) is 0. The van der Waals surface area contributed by atoms with Crippen molar-refractivity contribution in [2.45, 2.75) is 45.3 Å². The minimum atomic E-state index is -2.70. The molecule has 0 bridgehead atoms. The zero-order valence-electron chi connectivity index (χ0n) is 12.4. The van der Waals surface area contributed by atoms with Gasteiger partial charge in [0.1, 0.15) is 0 Å². The highest BCUT2D eigenvalue weighted by Gasteiger charge is 2.11. The minimum absolute atomic E-state index is 0.0856. The molecule has 0 saturated heterocycles. The second-order valence-electron chi connectivity index (χ2n) is 2.44. The van der Waals surface area contributed by atoms with E-state index in [4.69, 9.17) is 19.8 Å². The lowest BCUT2D eigenvalue weighted by Crippen LogP contribution is -2.09. The summed E-state index contributed by atoms with van der Waals surface area (Å²) in [7, 11) is 0. The van der Waals surface area contributed by atoms with E-state index in [2.05, 4.69) is 0 Å². The van der Waals surface area contributed by atoms with Crippen LogP contribution < -0.4 is 0 Å². The van der Waals surface area contributed by atoms with Gasteiger partial charge in [-0.25, -0.2) is 0 Å². The van der Waals surface area contributed by atoms with Crippen LogP contribution in [0.5, 0.6) is 0 Å². The van der Waals surface area contributed by atoms with Gasteiger partial charge in [0.2, 0.25) is 0 Å². The van der Waals surface area contributed by atoms with Crippen molar-refractivity contribution in [3.05, 3.63) is 11.6 Å². The summed E-state index contributed by atoms with van der Waals surface area (Å²) in [6.45, 7) is -1.77. The molecular formula is C9H17Cl. The largest absolute Gasteiger partial charge is 0.120 e. The van der Waals surface area contributed by atoms with Gasteiger partial charge in [0.05, 0.1) is 0 Å². The molecule has 10 heavy (non-hydrogen) atoms. The van der Waals surface area contributed by atoms with Crippen molar-refractivity contribution < 1.29 is 8.22 Å². The van der Waals surface area contributed by atoms with Crippen LogP contribution in [0, 0.1) is 0 Å². The smallest absolute Gasteiger partial charge is 0.0393 e. The molecule has 0 heterocycles. The average Bonchev–Trinajstić information content (AvgIpc) is 2.09. The van der Waals surface area contributed by atoms with Crippen LogP contribution in [-0.4, -0.2) is 4.87 Å². The predicted octanol–water partition coefficient (Wildman–Crippen LogP) is 3.75. The zero-order chi connectivity index (χ0) is 13.2. The fraction of sp³-hybridized carbons (Fsp3) is 0.778. The summed E-state index contributed by atoms with van der Waals surface area (Å²) in [5.74, 6) is 0. The van der Waals surface area contributed by atoms with Gasteiger partial charge in [0, 0.05) is 13.1 Å². The van der Waals surface area contributed by atoms with E-state index in [1.54, 1.807) is 0 Å². The molecule has 0 rings (SSSR count). The third-order valence-electron chi connectivity index (χ3n) is 1.36. The second kappa shape index (κ2) is 4.02. The average molecular weight is 167 g/mol. The summed E-state index contributed by atoms with van der Waals surface area (Å²) in [4.78, 5) is -2.16. The normalized spacial score (nSPS) is 25.3. The highest BCUT2D eigenvalue weighted by atomic mass is 35.5. The Morgan fingerprint density at radius 1 is 1.70 bits per heavy atom. The van der Waals surface area contributed by atoms with Gasteiger partial charge in [0.15, 0.2) is 0 Å². The molecule has 0 N–H and O–H groups in total. The van der Waals surface area contributed by atoms with Gasteiger partial charge in [0.25, 0.3) is 0 Å². The standard InChI is InChI=1S/C9H17Cl/c1-5-8(2)6-7-9(3,4)10/h5H,6-7H2,1-4H3/b8-5+/i3D3,4D3. The first-order chi connectivity index (χ1) is 6.95. The third kappa shape index (κ3) is 6.15. The Morgan fingerprint density at radius 3 is 2.70 bits per heavy atom. The number of alkyl halides is 1. The lowest BCUT2D eigenvalue weighted by atomic mass is 10.0. The van der Waals surface area contributed by atoms with E-state index in [1.807, 2.05) is 19.9 Å². The van der Waals surface area contributed by atoms with E-state index in [0.717, 1.165) is 5.57 Å². The summed E-state index contributed by atoms with van der Waals surface area (Å²) in [5, 5.41) is 0. The highest BCUT2D eigenvalue weighted by Crippen LogP contribution is 2.21. The monoisotopic (exact) mass is 166 g/mol. The first kappa shape index (κ1) is 3.62. The van der Waals surface area contributed by atoms with E-state index < -0.39 is 18.6 Å². The summed E-state index contributed by atoms with van der Waals surface area (Å²) in [6.07, 6.45) is 2.10. The maximum absolute atomic E-state index is 7.26. The molecule has 0 fully saturated rings. The molecule has 0 nitrogen and oxygen atoms in total. The molecule has 0 aliphatic carbocycles. The number of hydrogen-bond acceptors (Lipinski definition) is 0. The fourth-order valence-electron chi connectivity index (χ4n) is 0.514. The van der Waals surface area contributed by atoms with Crippen LogP contribution in [0.15, 0.2) is 11.6 Å². The van der Waals surface area contributed by atoms with Gasteiger partial charge < -0.3 is 0 Å². The van der Waals surface area contributed by atoms with Crippen LogP contribution in [-0.2, 0) is 0 Å². The van der Waals surface area contributed by atoms with Crippen LogP contribution in [0.25, 0.3) is 0 Å². The Labute approximate surface area is 77.7 Å². The zero-order valence-corrected chi connectivity index (χ0v) is 7.13. The molecule has 0 aromatic carbocycles. The SMILES string of the molecule is [2H]C([2H])([2H])C(Cl)(CC/C(C)=C/C)C([2H])([2H])[2H]. The van der Waals surface area contributed by atoms with E-state index in [1.165, 1.54) is 0 Å². The quantitative estimate of drug-likeness (QED) is 0.443. The first-order valence-corrected chi connectivity index (χ1v) is 3.64. The van der Waals surface area contributed by atoms with Gasteiger partial charge in [-0.3, -0.25) is 0 Å². The van der Waals surface area contributed by atoms with Crippen LogP contribution in [0.2, 0.25) is 0 Å². The van der Waals surface area contributed by atoms with E-state index in [9.17, 15) is 0 Å². The van der Waals surface area contributed by atoms with Gasteiger partial charge >= 0.3 is 0 Å². The van der Waals surface area contributed by atoms with E-state index >= 15 is 0 Å². The Morgan fingerprint density at radius 2 is 2.30 bits per heavy atom. The Bertz CT molecular complexity index is 248. The number of allylic oxidation sites excluding steroid dienone is 2. The Hall–Kier alpha value is 0.0300. The fourth-order valence-corrected chi connectivity index (χ4v) is 0.608. The number of rotatable bonds is 3. The Balaban J connectivity index is 4.99. The van der Waals surface area contributed by atoms with Crippen LogP contribution in [0.3, 0.4) is 0 Å².